The SMILES string of the molecule is CCOC(=O)CC1CC(NCc2ccccc2)CN(C(N)=O)C1. The number of carbonyl (C=O) groups is 2. The molecular weight excluding hydrogens is 294 g/mol. The van der Waals surface area contributed by atoms with Crippen molar-refractivity contribution < 1.29 is 14.3 Å². The number of rotatable bonds is 6. The van der Waals surface area contributed by atoms with E-state index < -0.39 is 6.03 Å². The van der Waals surface area contributed by atoms with Gasteiger partial charge in [-0.05, 0) is 24.8 Å². The van der Waals surface area contributed by atoms with Crippen LogP contribution < -0.4 is 11.1 Å². The van der Waals surface area contributed by atoms with Crippen molar-refractivity contribution in [2.45, 2.75) is 32.4 Å². The maximum absolute atomic E-state index is 11.7. The Labute approximate surface area is 137 Å². The van der Waals surface area contributed by atoms with Gasteiger partial charge in [0.25, 0.3) is 0 Å². The predicted molar refractivity (Wildman–Crippen MR) is 87.6 cm³/mol. The van der Waals surface area contributed by atoms with Crippen LogP contribution in [0.2, 0.25) is 0 Å². The van der Waals surface area contributed by atoms with Gasteiger partial charge in [-0.25, -0.2) is 4.79 Å². The number of esters is 1. The second-order valence-corrected chi connectivity index (χ2v) is 5.92. The summed E-state index contributed by atoms with van der Waals surface area (Å²) in [6, 6.07) is 9.76. The third-order valence-corrected chi connectivity index (χ3v) is 4.05. The van der Waals surface area contributed by atoms with E-state index in [2.05, 4.69) is 17.4 Å². The van der Waals surface area contributed by atoms with Crippen LogP contribution in [-0.2, 0) is 16.1 Å². The number of hydrogen-bond donors (Lipinski definition) is 2. The average molecular weight is 319 g/mol. The lowest BCUT2D eigenvalue weighted by atomic mass is 9.91. The van der Waals surface area contributed by atoms with E-state index in [9.17, 15) is 9.59 Å². The van der Waals surface area contributed by atoms with E-state index >= 15 is 0 Å². The first kappa shape index (κ1) is 17.3. The van der Waals surface area contributed by atoms with Crippen molar-refractivity contribution in [1.29, 1.82) is 0 Å². The molecule has 6 heteroatoms. The molecule has 1 heterocycles. The van der Waals surface area contributed by atoms with Crippen LogP contribution in [0.1, 0.15) is 25.3 Å². The Hall–Kier alpha value is -2.08. The van der Waals surface area contributed by atoms with Gasteiger partial charge in [0, 0.05) is 25.7 Å². The Morgan fingerprint density at radius 2 is 2.04 bits per heavy atom. The number of urea groups is 1. The summed E-state index contributed by atoms with van der Waals surface area (Å²) in [7, 11) is 0. The molecule has 2 atom stereocenters. The van der Waals surface area contributed by atoms with Crippen molar-refractivity contribution in [3.05, 3.63) is 35.9 Å². The summed E-state index contributed by atoms with van der Waals surface area (Å²) >= 11 is 0. The molecule has 2 amide bonds. The molecule has 0 spiro atoms. The quantitative estimate of drug-likeness (QED) is 0.778. The molecule has 2 rings (SSSR count). The Balaban J connectivity index is 1.92. The zero-order valence-corrected chi connectivity index (χ0v) is 13.5. The van der Waals surface area contributed by atoms with Gasteiger partial charge in [0.1, 0.15) is 0 Å². The fourth-order valence-electron chi connectivity index (χ4n) is 2.99. The highest BCUT2D eigenvalue weighted by Crippen LogP contribution is 2.21. The van der Waals surface area contributed by atoms with Crippen molar-refractivity contribution in [2.75, 3.05) is 19.7 Å². The lowest BCUT2D eigenvalue weighted by Crippen LogP contribution is -2.53. The van der Waals surface area contributed by atoms with Gasteiger partial charge >= 0.3 is 12.0 Å². The molecule has 0 radical (unpaired) electrons. The third kappa shape index (κ3) is 5.56. The van der Waals surface area contributed by atoms with Crippen LogP contribution in [0.25, 0.3) is 0 Å². The van der Waals surface area contributed by atoms with Crippen molar-refractivity contribution in [2.24, 2.45) is 11.7 Å². The molecule has 1 saturated heterocycles. The number of primary amides is 1. The molecule has 1 fully saturated rings. The molecular formula is C17H25N3O3. The third-order valence-electron chi connectivity index (χ3n) is 4.05. The molecule has 126 valence electrons. The van der Waals surface area contributed by atoms with Crippen LogP contribution in [0.4, 0.5) is 4.79 Å². The number of piperidine rings is 1. The predicted octanol–water partition coefficient (Wildman–Crippen LogP) is 1.50. The average Bonchev–Trinajstić information content (AvgIpc) is 2.54. The highest BCUT2D eigenvalue weighted by atomic mass is 16.5. The van der Waals surface area contributed by atoms with E-state index in [-0.39, 0.29) is 17.9 Å². The number of nitrogens with one attached hydrogen (secondary N) is 1. The van der Waals surface area contributed by atoms with Gasteiger partial charge in [-0.15, -0.1) is 0 Å². The Morgan fingerprint density at radius 3 is 2.70 bits per heavy atom. The standard InChI is InChI=1S/C17H25N3O3/c1-2-23-16(21)9-14-8-15(12-20(11-14)17(18)22)19-10-13-6-4-3-5-7-13/h3-7,14-15,19H,2,8-12H2,1H3,(H2,18,22). The first-order chi connectivity index (χ1) is 11.1. The van der Waals surface area contributed by atoms with Gasteiger partial charge < -0.3 is 20.7 Å². The van der Waals surface area contributed by atoms with Gasteiger partial charge in [0.15, 0.2) is 0 Å². The monoisotopic (exact) mass is 319 g/mol. The molecule has 0 saturated carbocycles. The fraction of sp³-hybridized carbons (Fsp3) is 0.529. The smallest absolute Gasteiger partial charge is 0.314 e. The lowest BCUT2D eigenvalue weighted by molar-refractivity contribution is -0.144. The van der Waals surface area contributed by atoms with Crippen molar-refractivity contribution >= 4 is 12.0 Å². The van der Waals surface area contributed by atoms with Crippen LogP contribution in [0.3, 0.4) is 0 Å². The van der Waals surface area contributed by atoms with E-state index in [0.29, 0.717) is 26.1 Å². The molecule has 1 aromatic rings. The summed E-state index contributed by atoms with van der Waals surface area (Å²) in [4.78, 5) is 24.8. The normalized spacial score (nSPS) is 21.0. The number of ether oxygens (including phenoxy) is 1. The highest BCUT2D eigenvalue weighted by molar-refractivity contribution is 5.73. The van der Waals surface area contributed by atoms with Crippen molar-refractivity contribution in [3.8, 4) is 0 Å². The Bertz CT molecular complexity index is 521. The number of carbonyl (C=O) groups excluding carboxylic acids is 2. The lowest BCUT2D eigenvalue weighted by Gasteiger charge is -2.37. The molecule has 2 unspecified atom stereocenters. The van der Waals surface area contributed by atoms with E-state index in [1.54, 1.807) is 11.8 Å². The number of nitrogens with zero attached hydrogens (tertiary/aromatic N) is 1. The van der Waals surface area contributed by atoms with Crippen LogP contribution >= 0.6 is 0 Å². The summed E-state index contributed by atoms with van der Waals surface area (Å²) in [6.45, 7) is 3.98. The maximum atomic E-state index is 11.7. The number of nitrogens with two attached hydrogens (primary N) is 1. The van der Waals surface area contributed by atoms with Crippen LogP contribution in [0, 0.1) is 5.92 Å². The van der Waals surface area contributed by atoms with E-state index in [4.69, 9.17) is 10.5 Å². The number of likely N-dealkylation sites (tertiary alicyclic amines) is 1. The molecule has 0 aliphatic carbocycles. The topological polar surface area (TPSA) is 84.7 Å². The van der Waals surface area contributed by atoms with E-state index in [1.165, 1.54) is 5.56 Å². The molecule has 6 nitrogen and oxygen atoms in total. The Kier molecular flexibility index (Phi) is 6.40. The summed E-state index contributed by atoms with van der Waals surface area (Å²) in [6.07, 6.45) is 1.15. The van der Waals surface area contributed by atoms with Crippen molar-refractivity contribution in [1.82, 2.24) is 10.2 Å². The molecule has 23 heavy (non-hydrogen) atoms. The molecule has 3 N–H and O–H groups in total. The molecule has 0 aromatic heterocycles. The Morgan fingerprint density at radius 1 is 1.30 bits per heavy atom. The van der Waals surface area contributed by atoms with Gasteiger partial charge in [0.2, 0.25) is 0 Å². The first-order valence-corrected chi connectivity index (χ1v) is 8.05. The number of amides is 2. The molecule has 1 aliphatic rings. The van der Waals surface area contributed by atoms with Gasteiger partial charge in [-0.3, -0.25) is 4.79 Å². The second kappa shape index (κ2) is 8.53. The number of benzene rings is 1. The van der Waals surface area contributed by atoms with Crippen LogP contribution in [0.15, 0.2) is 30.3 Å². The maximum Gasteiger partial charge on any atom is 0.314 e. The largest absolute Gasteiger partial charge is 0.466 e. The first-order valence-electron chi connectivity index (χ1n) is 8.05. The fourth-order valence-corrected chi connectivity index (χ4v) is 2.99. The summed E-state index contributed by atoms with van der Waals surface area (Å²) in [5, 5.41) is 3.46. The second-order valence-electron chi connectivity index (χ2n) is 5.92. The van der Waals surface area contributed by atoms with Crippen LogP contribution in [0.5, 0.6) is 0 Å². The highest BCUT2D eigenvalue weighted by Gasteiger charge is 2.30. The van der Waals surface area contributed by atoms with Crippen LogP contribution in [-0.4, -0.2) is 42.6 Å². The van der Waals surface area contributed by atoms with Crippen molar-refractivity contribution in [3.63, 3.8) is 0 Å². The minimum atomic E-state index is -0.440. The minimum Gasteiger partial charge on any atom is -0.466 e. The zero-order chi connectivity index (χ0) is 16.7. The summed E-state index contributed by atoms with van der Waals surface area (Å²) in [5.74, 6) is -0.144. The zero-order valence-electron chi connectivity index (χ0n) is 13.5. The van der Waals surface area contributed by atoms with E-state index in [1.807, 2.05) is 18.2 Å². The molecule has 1 aromatic carbocycles. The number of hydrogen-bond acceptors (Lipinski definition) is 4. The summed E-state index contributed by atoms with van der Waals surface area (Å²) in [5.41, 5.74) is 6.62. The molecule has 1 aliphatic heterocycles. The molecule has 0 bridgehead atoms. The summed E-state index contributed by atoms with van der Waals surface area (Å²) < 4.78 is 5.01. The van der Waals surface area contributed by atoms with E-state index in [0.717, 1.165) is 13.0 Å². The van der Waals surface area contributed by atoms with Gasteiger partial charge in [0.05, 0.1) is 13.0 Å². The van der Waals surface area contributed by atoms with Gasteiger partial charge in [-0.1, -0.05) is 30.3 Å². The van der Waals surface area contributed by atoms with Gasteiger partial charge in [-0.2, -0.15) is 0 Å². The minimum absolute atomic E-state index is 0.0728.